The van der Waals surface area contributed by atoms with Crippen LogP contribution in [0.15, 0.2) is 40.9 Å². The van der Waals surface area contributed by atoms with Gasteiger partial charge in [-0.15, -0.1) is 0 Å². The average molecular weight is 403 g/mol. The lowest BCUT2D eigenvalue weighted by molar-refractivity contribution is 1.41. The van der Waals surface area contributed by atoms with E-state index in [0.29, 0.717) is 0 Å². The van der Waals surface area contributed by atoms with Gasteiger partial charge in [-0.3, -0.25) is 0 Å². The molecule has 0 heterocycles. The lowest BCUT2D eigenvalue weighted by atomic mass is 10.2. The van der Waals surface area contributed by atoms with Crippen LogP contribution in [0.2, 0.25) is 0 Å². The molecule has 0 amide bonds. The molecule has 3 N–H and O–H groups in total. The number of anilines is 3. The molecule has 0 bridgehead atoms. The van der Waals surface area contributed by atoms with Gasteiger partial charge in [0.05, 0.1) is 11.4 Å². The van der Waals surface area contributed by atoms with Gasteiger partial charge < -0.3 is 11.1 Å². The molecule has 0 spiro atoms. The summed E-state index contributed by atoms with van der Waals surface area (Å²) in [6.07, 6.45) is 0. The van der Waals surface area contributed by atoms with Crippen molar-refractivity contribution in [2.75, 3.05) is 11.1 Å². The monoisotopic (exact) mass is 402 g/mol. The van der Waals surface area contributed by atoms with Crippen LogP contribution < -0.4 is 11.1 Å². The lowest BCUT2D eigenvalue weighted by Crippen LogP contribution is -1.96. The van der Waals surface area contributed by atoms with E-state index in [1.54, 1.807) is 0 Å². The standard InChI is InChI=1S/C13H12BrIN2/c1-8-3-2-4-12(13(8)14)17-11-6-5-9(16)7-10(11)15/h2-7,17H,16H2,1H3. The van der Waals surface area contributed by atoms with Crippen LogP contribution in [0.5, 0.6) is 0 Å². The third kappa shape index (κ3) is 2.93. The molecule has 4 heteroatoms. The van der Waals surface area contributed by atoms with Gasteiger partial charge in [0.2, 0.25) is 0 Å². The van der Waals surface area contributed by atoms with E-state index in [2.05, 4.69) is 56.8 Å². The van der Waals surface area contributed by atoms with Crippen molar-refractivity contribution in [1.29, 1.82) is 0 Å². The smallest absolute Gasteiger partial charge is 0.0531 e. The highest BCUT2D eigenvalue weighted by atomic mass is 127. The summed E-state index contributed by atoms with van der Waals surface area (Å²) < 4.78 is 2.20. The van der Waals surface area contributed by atoms with E-state index in [1.165, 1.54) is 5.56 Å². The van der Waals surface area contributed by atoms with E-state index in [1.807, 2.05) is 30.3 Å². The first-order valence-corrected chi connectivity index (χ1v) is 7.02. The van der Waals surface area contributed by atoms with E-state index in [4.69, 9.17) is 5.73 Å². The number of aryl methyl sites for hydroxylation is 1. The minimum absolute atomic E-state index is 0.781. The van der Waals surface area contributed by atoms with Crippen molar-refractivity contribution in [1.82, 2.24) is 0 Å². The third-order valence-corrected chi connectivity index (χ3v) is 4.40. The second-order valence-electron chi connectivity index (χ2n) is 3.80. The summed E-state index contributed by atoms with van der Waals surface area (Å²) in [7, 11) is 0. The normalized spacial score (nSPS) is 10.3. The van der Waals surface area contributed by atoms with E-state index < -0.39 is 0 Å². The Bertz CT molecular complexity index is 555. The lowest BCUT2D eigenvalue weighted by Gasteiger charge is -2.12. The summed E-state index contributed by atoms with van der Waals surface area (Å²) in [6, 6.07) is 12.0. The van der Waals surface area contributed by atoms with Crippen molar-refractivity contribution in [3.8, 4) is 0 Å². The van der Waals surface area contributed by atoms with E-state index in [-0.39, 0.29) is 0 Å². The highest BCUT2D eigenvalue weighted by Crippen LogP contribution is 2.31. The highest BCUT2D eigenvalue weighted by molar-refractivity contribution is 14.1. The molecule has 0 aliphatic rings. The number of rotatable bonds is 2. The fraction of sp³-hybridized carbons (Fsp3) is 0.0769. The van der Waals surface area contributed by atoms with Gasteiger partial charge in [-0.2, -0.15) is 0 Å². The van der Waals surface area contributed by atoms with Gasteiger partial charge in [-0.05, 0) is 75.3 Å². The van der Waals surface area contributed by atoms with Crippen LogP contribution in [0.4, 0.5) is 17.1 Å². The Morgan fingerprint density at radius 3 is 2.65 bits per heavy atom. The van der Waals surface area contributed by atoms with Gasteiger partial charge in [0, 0.05) is 13.7 Å². The maximum absolute atomic E-state index is 5.73. The SMILES string of the molecule is Cc1cccc(Nc2ccc(N)cc2I)c1Br. The number of benzene rings is 2. The Labute approximate surface area is 123 Å². The minimum Gasteiger partial charge on any atom is -0.399 e. The highest BCUT2D eigenvalue weighted by Gasteiger charge is 2.05. The number of hydrogen-bond acceptors (Lipinski definition) is 2. The summed E-state index contributed by atoms with van der Waals surface area (Å²) in [5.41, 5.74) is 9.85. The number of nitrogen functional groups attached to an aromatic ring is 1. The Morgan fingerprint density at radius 2 is 1.94 bits per heavy atom. The summed E-state index contributed by atoms with van der Waals surface area (Å²) >= 11 is 5.86. The van der Waals surface area contributed by atoms with Gasteiger partial charge in [-0.1, -0.05) is 12.1 Å². The Kier molecular flexibility index (Phi) is 3.93. The number of nitrogens with two attached hydrogens (primary N) is 1. The Morgan fingerprint density at radius 1 is 1.18 bits per heavy atom. The molecule has 0 saturated heterocycles. The topological polar surface area (TPSA) is 38.0 Å². The van der Waals surface area contributed by atoms with Crippen molar-refractivity contribution in [2.45, 2.75) is 6.92 Å². The summed E-state index contributed by atoms with van der Waals surface area (Å²) in [5.74, 6) is 0. The van der Waals surface area contributed by atoms with Crippen LogP contribution in [0.3, 0.4) is 0 Å². The Balaban J connectivity index is 2.35. The molecule has 0 aliphatic heterocycles. The maximum Gasteiger partial charge on any atom is 0.0531 e. The molecule has 0 unspecified atom stereocenters. The zero-order chi connectivity index (χ0) is 12.4. The minimum atomic E-state index is 0.781. The molecular formula is C13H12BrIN2. The van der Waals surface area contributed by atoms with E-state index >= 15 is 0 Å². The molecule has 0 aromatic heterocycles. The van der Waals surface area contributed by atoms with Crippen molar-refractivity contribution in [3.05, 3.63) is 50.0 Å². The summed E-state index contributed by atoms with van der Waals surface area (Å²) in [5, 5.41) is 3.40. The molecule has 0 saturated carbocycles. The van der Waals surface area contributed by atoms with Crippen molar-refractivity contribution in [2.24, 2.45) is 0 Å². The van der Waals surface area contributed by atoms with Crippen LogP contribution in [0.25, 0.3) is 0 Å². The fourth-order valence-electron chi connectivity index (χ4n) is 1.52. The largest absolute Gasteiger partial charge is 0.399 e. The van der Waals surface area contributed by atoms with Crippen LogP contribution in [-0.2, 0) is 0 Å². The predicted molar refractivity (Wildman–Crippen MR) is 85.7 cm³/mol. The molecule has 2 aromatic rings. The molecule has 0 aliphatic carbocycles. The molecule has 17 heavy (non-hydrogen) atoms. The Hall–Kier alpha value is -0.750. The second-order valence-corrected chi connectivity index (χ2v) is 5.76. The molecule has 2 rings (SSSR count). The molecule has 0 radical (unpaired) electrons. The van der Waals surface area contributed by atoms with Gasteiger partial charge in [0.1, 0.15) is 0 Å². The van der Waals surface area contributed by atoms with Crippen molar-refractivity contribution >= 4 is 55.6 Å². The van der Waals surface area contributed by atoms with Crippen LogP contribution in [-0.4, -0.2) is 0 Å². The quantitative estimate of drug-likeness (QED) is 0.565. The van der Waals surface area contributed by atoms with Crippen LogP contribution in [0, 0.1) is 10.5 Å². The molecule has 0 fully saturated rings. The average Bonchev–Trinajstić information content (AvgIpc) is 2.28. The zero-order valence-electron chi connectivity index (χ0n) is 9.30. The van der Waals surface area contributed by atoms with E-state index in [9.17, 15) is 0 Å². The molecule has 0 atom stereocenters. The van der Waals surface area contributed by atoms with Crippen molar-refractivity contribution < 1.29 is 0 Å². The number of nitrogens with one attached hydrogen (secondary N) is 1. The van der Waals surface area contributed by atoms with Gasteiger partial charge in [-0.25, -0.2) is 0 Å². The van der Waals surface area contributed by atoms with Gasteiger partial charge >= 0.3 is 0 Å². The zero-order valence-corrected chi connectivity index (χ0v) is 13.0. The molecule has 88 valence electrons. The van der Waals surface area contributed by atoms with Crippen molar-refractivity contribution in [3.63, 3.8) is 0 Å². The van der Waals surface area contributed by atoms with E-state index in [0.717, 1.165) is 25.1 Å². The maximum atomic E-state index is 5.73. The third-order valence-electron chi connectivity index (χ3n) is 2.45. The molecule has 2 nitrogen and oxygen atoms in total. The molecular weight excluding hydrogens is 391 g/mol. The summed E-state index contributed by atoms with van der Waals surface area (Å²) in [4.78, 5) is 0. The first kappa shape index (κ1) is 12.7. The second kappa shape index (κ2) is 5.27. The van der Waals surface area contributed by atoms with Crippen LogP contribution in [0.1, 0.15) is 5.56 Å². The fourth-order valence-corrected chi connectivity index (χ4v) is 2.56. The number of hydrogen-bond donors (Lipinski definition) is 2. The summed E-state index contributed by atoms with van der Waals surface area (Å²) in [6.45, 7) is 2.07. The van der Waals surface area contributed by atoms with Gasteiger partial charge in [0.25, 0.3) is 0 Å². The first-order chi connectivity index (χ1) is 8.08. The number of halogens is 2. The first-order valence-electron chi connectivity index (χ1n) is 5.15. The predicted octanol–water partition coefficient (Wildman–Crippen LogP) is 4.69. The molecule has 2 aromatic carbocycles. The van der Waals surface area contributed by atoms with Gasteiger partial charge in [0.15, 0.2) is 0 Å². The van der Waals surface area contributed by atoms with Crippen LogP contribution >= 0.6 is 38.5 Å².